The summed E-state index contributed by atoms with van der Waals surface area (Å²) >= 11 is 0. The zero-order valence-corrected chi connectivity index (χ0v) is 28.5. The minimum atomic E-state index is -2.19. The molecule has 1 aliphatic carbocycles. The van der Waals surface area contributed by atoms with E-state index in [2.05, 4.69) is 40.0 Å². The SMILES string of the molecule is C=CCCCO[PH](=O)OC.C=CCCCO[PH](=O)OC.C=CCCCO[PH](=O)OC.[C-]#[O+].[CH]1[CH][CH][CH][CH]1.[Co].[Rh]. The van der Waals surface area contributed by atoms with Gasteiger partial charge in [-0.3, -0.25) is 13.7 Å². The van der Waals surface area contributed by atoms with Gasteiger partial charge in [0, 0.05) is 57.6 Å². The van der Waals surface area contributed by atoms with E-state index in [1.165, 1.54) is 21.3 Å². The van der Waals surface area contributed by atoms with Gasteiger partial charge in [0.25, 0.3) is 0 Å². The van der Waals surface area contributed by atoms with E-state index in [-0.39, 0.29) is 36.3 Å². The number of hydrogen-bond donors (Lipinski definition) is 0. The van der Waals surface area contributed by atoms with Crippen LogP contribution in [0.25, 0.3) is 0 Å². The van der Waals surface area contributed by atoms with Crippen molar-refractivity contribution in [1.29, 1.82) is 0 Å². The molecule has 3 atom stereocenters. The Balaban J connectivity index is -0.0000000912. The van der Waals surface area contributed by atoms with Gasteiger partial charge in [0.1, 0.15) is 0 Å². The third-order valence-corrected chi connectivity index (χ3v) is 5.69. The predicted octanol–water partition coefficient (Wildman–Crippen LogP) is 6.99. The molecule has 15 heteroatoms. The Morgan fingerprint density at radius 2 is 0.821 bits per heavy atom. The molecule has 3 unspecified atom stereocenters. The standard InChI is InChI=1S/3C6H13O3P.C5H5.CO.Co.Rh/c3*1-3-4-5-6-9-10(7)8-2;1-2-4-5-3-1;1-2;;/h3*3,10H,1,4-6H2,2H3;1-5H;;;. The van der Waals surface area contributed by atoms with Gasteiger partial charge >= 0.3 is 36.1 Å². The molecule has 7 radical (unpaired) electrons. The van der Waals surface area contributed by atoms with Gasteiger partial charge in [0.2, 0.25) is 0 Å². The van der Waals surface area contributed by atoms with E-state index < -0.39 is 24.8 Å². The summed E-state index contributed by atoms with van der Waals surface area (Å²) < 4.78 is 66.6. The first kappa shape index (κ1) is 52.2. The molecule has 0 heterocycles. The van der Waals surface area contributed by atoms with Gasteiger partial charge in [0.05, 0.1) is 19.8 Å². The fourth-order valence-electron chi connectivity index (χ4n) is 1.65. The molecule has 1 saturated carbocycles. The predicted molar refractivity (Wildman–Crippen MR) is 150 cm³/mol. The Morgan fingerprint density at radius 1 is 0.615 bits per heavy atom. The van der Waals surface area contributed by atoms with Crippen LogP contribution in [-0.2, 0) is 81.7 Å². The molecule has 0 aromatic heterocycles. The first-order valence-corrected chi connectivity index (χ1v) is 14.9. The maximum atomic E-state index is 10.5. The summed E-state index contributed by atoms with van der Waals surface area (Å²) in [7, 11) is -2.47. The third kappa shape index (κ3) is 59.0. The molecular weight excluding hydrogens is 703 g/mol. The van der Waals surface area contributed by atoms with Crippen LogP contribution in [0, 0.1) is 38.8 Å². The van der Waals surface area contributed by atoms with Gasteiger partial charge in [-0.05, 0) is 70.6 Å². The first-order chi connectivity index (χ1) is 17.9. The van der Waals surface area contributed by atoms with Crippen LogP contribution >= 0.6 is 24.8 Å². The first-order valence-electron chi connectivity index (χ1n) is 11.2. The molecule has 39 heavy (non-hydrogen) atoms. The molecule has 233 valence electrons. The van der Waals surface area contributed by atoms with Crippen molar-refractivity contribution in [3.8, 4) is 0 Å². The van der Waals surface area contributed by atoms with Crippen molar-refractivity contribution in [3.63, 3.8) is 0 Å². The monoisotopic (exact) mass is 747 g/mol. The van der Waals surface area contributed by atoms with Crippen molar-refractivity contribution >= 4 is 24.8 Å². The minimum Gasteiger partial charge on any atom is -0.0312 e. The summed E-state index contributed by atoms with van der Waals surface area (Å²) in [5, 5.41) is 0. The Hall–Kier alpha value is 0.540. The number of allylic oxidation sites excluding steroid dienone is 3. The Morgan fingerprint density at radius 3 is 0.974 bits per heavy atom. The van der Waals surface area contributed by atoms with Crippen LogP contribution in [0.4, 0.5) is 0 Å². The number of unbranched alkanes of at least 4 members (excludes halogenated alkanes) is 3. The molecule has 10 nitrogen and oxygen atoms in total. The summed E-state index contributed by atoms with van der Waals surface area (Å²) in [6.45, 7) is 16.6. The van der Waals surface area contributed by atoms with E-state index >= 15 is 0 Å². The third-order valence-electron chi connectivity index (χ3n) is 3.37. The molecule has 0 bridgehead atoms. The van der Waals surface area contributed by atoms with Crippen LogP contribution < -0.4 is 0 Å². The Bertz CT molecular complexity index is 522. The molecule has 1 fully saturated rings. The van der Waals surface area contributed by atoms with Crippen molar-refractivity contribution in [3.05, 3.63) is 76.7 Å². The second-order valence-corrected chi connectivity index (χ2v) is 9.75. The fourth-order valence-corrected chi connectivity index (χ4v) is 2.93. The van der Waals surface area contributed by atoms with Gasteiger partial charge in [-0.2, -0.15) is 0 Å². The van der Waals surface area contributed by atoms with Crippen LogP contribution in [0.2, 0.25) is 0 Å². The van der Waals surface area contributed by atoms with Gasteiger partial charge < -0.3 is 27.1 Å². The van der Waals surface area contributed by atoms with E-state index in [9.17, 15) is 13.7 Å². The van der Waals surface area contributed by atoms with Crippen molar-refractivity contribution < 1.29 is 81.7 Å². The largest absolute Gasteiger partial charge is 0.0312 e. The normalized spacial score (nSPS) is 13.1. The second-order valence-electron chi connectivity index (χ2n) is 6.16. The van der Waals surface area contributed by atoms with E-state index in [4.69, 9.17) is 18.2 Å². The average Bonchev–Trinajstić information content (AvgIpc) is 3.53. The molecule has 1 rings (SSSR count). The van der Waals surface area contributed by atoms with Crippen LogP contribution in [0.15, 0.2) is 38.0 Å². The molecule has 0 saturated heterocycles. The molecule has 0 spiro atoms. The zero-order valence-electron chi connectivity index (χ0n) is 22.9. The Kier molecular flexibility index (Phi) is 68.7. The van der Waals surface area contributed by atoms with E-state index in [0.717, 1.165) is 38.5 Å². The summed E-state index contributed by atoms with van der Waals surface area (Å²) in [6, 6.07) is 0. The smallest absolute Gasteiger partial charge is 0 e. The maximum Gasteiger partial charge on any atom is 0 e. The fraction of sp³-hybridized carbons (Fsp3) is 0.500. The molecule has 1 aliphatic rings. The molecule has 0 aromatic rings. The summed E-state index contributed by atoms with van der Waals surface area (Å²) in [4.78, 5) is 0. The Labute approximate surface area is 261 Å². The average molecular weight is 747 g/mol. The quantitative estimate of drug-likeness (QED) is 0.0364. The minimum absolute atomic E-state index is 0. The van der Waals surface area contributed by atoms with Crippen LogP contribution in [0.1, 0.15) is 38.5 Å². The molecule has 0 aliphatic heterocycles. The van der Waals surface area contributed by atoms with Crippen LogP contribution in [0.5, 0.6) is 0 Å². The van der Waals surface area contributed by atoms with E-state index in [0.29, 0.717) is 19.8 Å². The van der Waals surface area contributed by atoms with Crippen molar-refractivity contribution in [1.82, 2.24) is 0 Å². The second kappa shape index (κ2) is 51.3. The van der Waals surface area contributed by atoms with E-state index in [1.807, 2.05) is 32.1 Å². The summed E-state index contributed by atoms with van der Waals surface area (Å²) in [6.07, 6.45) is 20.6. The topological polar surface area (TPSA) is 126 Å². The molecular formula is C24H44CoO10P3Rh. The van der Waals surface area contributed by atoms with Crippen molar-refractivity contribution in [2.45, 2.75) is 38.5 Å². The molecule has 0 amide bonds. The summed E-state index contributed by atoms with van der Waals surface area (Å²) in [5.74, 6) is 0. The van der Waals surface area contributed by atoms with Gasteiger partial charge in [-0.15, -0.1) is 19.7 Å². The van der Waals surface area contributed by atoms with Crippen LogP contribution in [0.3, 0.4) is 0 Å². The molecule has 0 aromatic carbocycles. The van der Waals surface area contributed by atoms with Gasteiger partial charge in [-0.25, -0.2) is 0 Å². The van der Waals surface area contributed by atoms with Crippen molar-refractivity contribution in [2.24, 2.45) is 0 Å². The van der Waals surface area contributed by atoms with Crippen LogP contribution in [-0.4, -0.2) is 41.2 Å². The van der Waals surface area contributed by atoms with Gasteiger partial charge in [-0.1, -0.05) is 18.2 Å². The van der Waals surface area contributed by atoms with Gasteiger partial charge in [0.15, 0.2) is 0 Å². The maximum absolute atomic E-state index is 10.5. The number of hydrogen-bond acceptors (Lipinski definition) is 9. The summed E-state index contributed by atoms with van der Waals surface area (Å²) in [5.41, 5.74) is 0. The zero-order chi connectivity index (χ0) is 29.0. The van der Waals surface area contributed by atoms with E-state index in [1.54, 1.807) is 18.2 Å². The number of rotatable bonds is 18. The molecule has 0 N–H and O–H groups in total. The van der Waals surface area contributed by atoms with Crippen molar-refractivity contribution in [2.75, 3.05) is 41.2 Å².